The summed E-state index contributed by atoms with van der Waals surface area (Å²) in [4.78, 5) is 27.9. The van der Waals surface area contributed by atoms with Crippen LogP contribution >= 0.6 is 11.6 Å². The zero-order chi connectivity index (χ0) is 24.7. The summed E-state index contributed by atoms with van der Waals surface area (Å²) in [7, 11) is 0. The third-order valence-electron chi connectivity index (χ3n) is 5.93. The molecule has 5 rings (SSSR count). The molecular formula is C22H17ClF4N6O2. The largest absolute Gasteiger partial charge is 0.573 e. The van der Waals surface area contributed by atoms with Gasteiger partial charge in [-0.3, -0.25) is 4.79 Å². The Morgan fingerprint density at radius 3 is 2.69 bits per heavy atom. The molecule has 0 radical (unpaired) electrons. The highest BCUT2D eigenvalue weighted by Gasteiger charge is 2.42. The number of rotatable bonds is 6. The summed E-state index contributed by atoms with van der Waals surface area (Å²) in [5.74, 6) is -1.13. The molecule has 2 saturated heterocycles. The number of piperazine rings is 1. The first-order valence-corrected chi connectivity index (χ1v) is 10.9. The molecule has 2 bridgehead atoms. The zero-order valence-electron chi connectivity index (χ0n) is 17.8. The lowest BCUT2D eigenvalue weighted by Gasteiger charge is -2.34. The smallest absolute Gasteiger partial charge is 0.404 e. The molecule has 2 aromatic heterocycles. The number of hydrogen-bond donors (Lipinski definition) is 1. The fourth-order valence-corrected chi connectivity index (χ4v) is 4.65. The summed E-state index contributed by atoms with van der Waals surface area (Å²) in [5.41, 5.74) is 0.654. The Morgan fingerprint density at radius 2 is 1.97 bits per heavy atom. The van der Waals surface area contributed by atoms with E-state index in [0.29, 0.717) is 23.4 Å². The molecule has 0 spiro atoms. The fraction of sp³-hybridized carbons (Fsp3) is 0.273. The van der Waals surface area contributed by atoms with Crippen molar-refractivity contribution in [3.05, 3.63) is 53.7 Å². The lowest BCUT2D eigenvalue weighted by molar-refractivity contribution is -0.274. The van der Waals surface area contributed by atoms with Crippen LogP contribution in [0.1, 0.15) is 6.42 Å². The van der Waals surface area contributed by atoms with Gasteiger partial charge in [-0.2, -0.15) is 0 Å². The average molecular weight is 509 g/mol. The van der Waals surface area contributed by atoms with Crippen molar-refractivity contribution in [1.82, 2.24) is 19.9 Å². The number of allylic oxidation sites excluding steroid dienone is 1. The van der Waals surface area contributed by atoms with Crippen molar-refractivity contribution in [3.63, 3.8) is 0 Å². The molecule has 182 valence electrons. The first-order valence-electron chi connectivity index (χ1n) is 10.5. The quantitative estimate of drug-likeness (QED) is 0.297. The minimum atomic E-state index is -5.01. The van der Waals surface area contributed by atoms with Crippen molar-refractivity contribution in [1.29, 1.82) is 0 Å². The maximum atomic E-state index is 14.7. The predicted octanol–water partition coefficient (Wildman–Crippen LogP) is 4.44. The van der Waals surface area contributed by atoms with Crippen LogP contribution in [0.25, 0.3) is 11.0 Å². The fourth-order valence-electron chi connectivity index (χ4n) is 4.45. The maximum Gasteiger partial charge on any atom is 0.573 e. The molecule has 3 aromatic rings. The van der Waals surface area contributed by atoms with Gasteiger partial charge >= 0.3 is 6.36 Å². The normalized spacial score (nSPS) is 19.7. The molecule has 2 aliphatic heterocycles. The Morgan fingerprint density at radius 1 is 1.14 bits per heavy atom. The van der Waals surface area contributed by atoms with Gasteiger partial charge in [0.1, 0.15) is 29.0 Å². The molecule has 2 aliphatic rings. The van der Waals surface area contributed by atoms with Gasteiger partial charge in [-0.05, 0) is 36.8 Å². The van der Waals surface area contributed by atoms with Crippen LogP contribution in [-0.4, -0.2) is 57.7 Å². The number of fused-ring (bicyclic) bond motifs is 3. The van der Waals surface area contributed by atoms with Crippen molar-refractivity contribution in [2.75, 3.05) is 23.3 Å². The first kappa shape index (κ1) is 23.1. The van der Waals surface area contributed by atoms with E-state index in [1.807, 2.05) is 6.07 Å². The molecular weight excluding hydrogens is 492 g/mol. The van der Waals surface area contributed by atoms with Crippen LogP contribution in [-0.2, 0) is 4.79 Å². The molecule has 2 fully saturated rings. The summed E-state index contributed by atoms with van der Waals surface area (Å²) >= 11 is 5.76. The highest BCUT2D eigenvalue weighted by molar-refractivity contribution is 6.32. The number of aromatic nitrogens is 3. The van der Waals surface area contributed by atoms with Gasteiger partial charge in [-0.25, -0.2) is 19.3 Å². The summed E-state index contributed by atoms with van der Waals surface area (Å²) in [6.45, 7) is 1.47. The third kappa shape index (κ3) is 4.53. The van der Waals surface area contributed by atoms with Gasteiger partial charge in [0.25, 0.3) is 0 Å². The second kappa shape index (κ2) is 8.84. The number of aldehydes is 1. The van der Waals surface area contributed by atoms with E-state index < -0.39 is 23.0 Å². The summed E-state index contributed by atoms with van der Waals surface area (Å²) in [6.07, 6.45) is 1.20. The van der Waals surface area contributed by atoms with Gasteiger partial charge in [0.2, 0.25) is 0 Å². The number of carbonyl (C=O) groups is 1. The molecule has 0 aliphatic carbocycles. The van der Waals surface area contributed by atoms with E-state index in [9.17, 15) is 22.4 Å². The number of pyridine rings is 1. The van der Waals surface area contributed by atoms with Crippen LogP contribution in [0.3, 0.4) is 0 Å². The topological polar surface area (TPSA) is 83.5 Å². The third-order valence-corrected chi connectivity index (χ3v) is 6.28. The number of hydrogen-bond acceptors (Lipinski definition) is 8. The van der Waals surface area contributed by atoms with E-state index in [1.54, 1.807) is 12.3 Å². The molecule has 4 heterocycles. The Labute approximate surface area is 201 Å². The molecule has 8 nitrogen and oxygen atoms in total. The van der Waals surface area contributed by atoms with Crippen LogP contribution in [0, 0.1) is 5.82 Å². The molecule has 0 unspecified atom stereocenters. The Bertz CT molecular complexity index is 1320. The number of nitrogens with zero attached hydrogens (tertiary/aromatic N) is 5. The lowest BCUT2D eigenvalue weighted by Crippen LogP contribution is -2.44. The Balaban J connectivity index is 1.42. The summed E-state index contributed by atoms with van der Waals surface area (Å²) in [6, 6.07) is 6.05. The highest BCUT2D eigenvalue weighted by Crippen LogP contribution is 2.38. The van der Waals surface area contributed by atoms with E-state index in [4.69, 9.17) is 16.6 Å². The number of alkyl halides is 3. The van der Waals surface area contributed by atoms with E-state index in [2.05, 4.69) is 29.8 Å². The number of nitrogens with one attached hydrogen (secondary N) is 1. The van der Waals surface area contributed by atoms with E-state index in [-0.39, 0.29) is 23.6 Å². The number of halogens is 5. The average Bonchev–Trinajstić information content (AvgIpc) is 3.42. The van der Waals surface area contributed by atoms with Gasteiger partial charge in [0.05, 0.1) is 11.2 Å². The predicted molar refractivity (Wildman–Crippen MR) is 120 cm³/mol. The summed E-state index contributed by atoms with van der Waals surface area (Å²) < 4.78 is 56.0. The van der Waals surface area contributed by atoms with Crippen LogP contribution in [0.5, 0.6) is 5.75 Å². The van der Waals surface area contributed by atoms with E-state index in [1.165, 1.54) is 12.4 Å². The molecule has 2 atom stereocenters. The molecule has 0 saturated carbocycles. The van der Waals surface area contributed by atoms with Gasteiger partial charge in [0.15, 0.2) is 17.4 Å². The second-order valence-corrected chi connectivity index (χ2v) is 8.42. The standard InChI is InChI=1S/C22H17ClF4N6O2/c23-18-16(35-22(25,26)27)4-2-14(19(18)24)30-21-20-15(28-11-29-21)3-5-17(31-20)33-10-12-8-13(33)9-32(12)6-1-7-34/h1-7,11-13H,8-10H2,(H,28,29,30)/b6-1+/t12-,13-/m0/s1. The molecule has 1 N–H and O–H groups in total. The van der Waals surface area contributed by atoms with Gasteiger partial charge in [-0.15, -0.1) is 13.2 Å². The highest BCUT2D eigenvalue weighted by atomic mass is 35.5. The van der Waals surface area contributed by atoms with E-state index in [0.717, 1.165) is 31.4 Å². The maximum absolute atomic E-state index is 14.7. The van der Waals surface area contributed by atoms with Crippen molar-refractivity contribution in [2.45, 2.75) is 24.9 Å². The van der Waals surface area contributed by atoms with Crippen molar-refractivity contribution < 1.29 is 27.1 Å². The minimum Gasteiger partial charge on any atom is -0.404 e. The SMILES string of the molecule is O=C/C=C/N1C[C@@H]2C[C@H]1CN2c1ccc2ncnc(Nc3ccc(OC(F)(F)F)c(Cl)c3F)c2n1. The van der Waals surface area contributed by atoms with Crippen molar-refractivity contribution >= 4 is 46.2 Å². The number of anilines is 3. The molecule has 35 heavy (non-hydrogen) atoms. The number of likely N-dealkylation sites (tertiary alicyclic amines) is 1. The Kier molecular flexibility index (Phi) is 5.83. The lowest BCUT2D eigenvalue weighted by atomic mass is 10.2. The zero-order valence-corrected chi connectivity index (χ0v) is 18.6. The van der Waals surface area contributed by atoms with Crippen LogP contribution in [0.4, 0.5) is 34.9 Å². The molecule has 0 amide bonds. The van der Waals surface area contributed by atoms with Gasteiger partial charge in [-0.1, -0.05) is 11.6 Å². The second-order valence-electron chi connectivity index (χ2n) is 8.04. The Hall–Kier alpha value is -3.67. The monoisotopic (exact) mass is 508 g/mol. The first-order chi connectivity index (χ1) is 16.7. The van der Waals surface area contributed by atoms with E-state index >= 15 is 0 Å². The van der Waals surface area contributed by atoms with Gasteiger partial charge in [0, 0.05) is 31.4 Å². The van der Waals surface area contributed by atoms with Crippen LogP contribution in [0.15, 0.2) is 42.9 Å². The summed E-state index contributed by atoms with van der Waals surface area (Å²) in [5, 5.41) is 1.93. The van der Waals surface area contributed by atoms with Gasteiger partial charge < -0.3 is 19.9 Å². The van der Waals surface area contributed by atoms with Crippen LogP contribution < -0.4 is 15.0 Å². The molecule has 1 aromatic carbocycles. The number of benzene rings is 1. The minimum absolute atomic E-state index is 0.163. The van der Waals surface area contributed by atoms with Crippen molar-refractivity contribution in [2.24, 2.45) is 0 Å². The van der Waals surface area contributed by atoms with Crippen molar-refractivity contribution in [3.8, 4) is 5.75 Å². The number of carbonyl (C=O) groups excluding carboxylic acids is 1. The number of ether oxygens (including phenoxy) is 1. The van der Waals surface area contributed by atoms with Crippen LogP contribution in [0.2, 0.25) is 5.02 Å². The molecule has 13 heteroatoms.